The third-order valence-corrected chi connectivity index (χ3v) is 3.14. The van der Waals surface area contributed by atoms with Gasteiger partial charge in [-0.1, -0.05) is 11.6 Å². The normalized spacial score (nSPS) is 10.2. The Bertz CT molecular complexity index is 855. The molecular weight excluding hydrogens is 316 g/mol. The summed E-state index contributed by atoms with van der Waals surface area (Å²) in [6.45, 7) is 1.02. The predicted molar refractivity (Wildman–Crippen MR) is 84.6 cm³/mol. The standard InChI is InChI=1S/C16H16N2O6/c1-9-3-4-12-10(5-9)11(19)6-13(24-12)16(22)23-8-15(21)18-7-14(20)17-2/h3-6H,7-8H2,1-2H3,(H,17,20)(H,18,21). The van der Waals surface area contributed by atoms with Gasteiger partial charge in [-0.25, -0.2) is 4.79 Å². The number of nitrogens with one attached hydrogen (secondary N) is 2. The fraction of sp³-hybridized carbons (Fsp3) is 0.250. The maximum atomic E-state index is 12.0. The molecule has 0 fully saturated rings. The van der Waals surface area contributed by atoms with Crippen molar-refractivity contribution in [3.8, 4) is 0 Å². The lowest BCUT2D eigenvalue weighted by Gasteiger charge is -2.06. The zero-order valence-electron chi connectivity index (χ0n) is 13.2. The van der Waals surface area contributed by atoms with Gasteiger partial charge in [-0.15, -0.1) is 0 Å². The van der Waals surface area contributed by atoms with Crippen LogP contribution in [0.4, 0.5) is 0 Å². The molecule has 1 aromatic heterocycles. The van der Waals surface area contributed by atoms with Gasteiger partial charge in [0.25, 0.3) is 5.91 Å². The summed E-state index contributed by atoms with van der Waals surface area (Å²) in [5.74, 6) is -2.27. The topological polar surface area (TPSA) is 115 Å². The van der Waals surface area contributed by atoms with Crippen LogP contribution in [0.25, 0.3) is 11.0 Å². The van der Waals surface area contributed by atoms with Crippen LogP contribution in [0, 0.1) is 6.92 Å². The first kappa shape index (κ1) is 17.2. The fourth-order valence-corrected chi connectivity index (χ4v) is 1.89. The van der Waals surface area contributed by atoms with Crippen LogP contribution in [-0.4, -0.2) is 38.0 Å². The van der Waals surface area contributed by atoms with Crippen molar-refractivity contribution in [2.45, 2.75) is 6.92 Å². The smallest absolute Gasteiger partial charge is 0.374 e. The first-order valence-corrected chi connectivity index (χ1v) is 7.09. The SMILES string of the molecule is CNC(=O)CNC(=O)COC(=O)c1cc(=O)c2cc(C)ccc2o1. The Hall–Kier alpha value is -3.16. The van der Waals surface area contributed by atoms with E-state index in [1.165, 1.54) is 7.05 Å². The highest BCUT2D eigenvalue weighted by molar-refractivity contribution is 5.91. The highest BCUT2D eigenvalue weighted by atomic mass is 16.5. The van der Waals surface area contributed by atoms with E-state index in [0.29, 0.717) is 5.39 Å². The van der Waals surface area contributed by atoms with Gasteiger partial charge >= 0.3 is 5.97 Å². The van der Waals surface area contributed by atoms with Crippen LogP contribution < -0.4 is 16.1 Å². The molecule has 2 amide bonds. The monoisotopic (exact) mass is 332 g/mol. The van der Waals surface area contributed by atoms with Gasteiger partial charge in [-0.3, -0.25) is 14.4 Å². The summed E-state index contributed by atoms with van der Waals surface area (Å²) in [4.78, 5) is 46.3. The third-order valence-electron chi connectivity index (χ3n) is 3.14. The van der Waals surface area contributed by atoms with Crippen LogP contribution in [0.2, 0.25) is 0 Å². The van der Waals surface area contributed by atoms with Gasteiger partial charge in [-0.2, -0.15) is 0 Å². The number of aryl methyl sites for hydroxylation is 1. The zero-order valence-corrected chi connectivity index (χ0v) is 13.2. The van der Waals surface area contributed by atoms with Gasteiger partial charge in [0.05, 0.1) is 11.9 Å². The van der Waals surface area contributed by atoms with Crippen molar-refractivity contribution < 1.29 is 23.5 Å². The van der Waals surface area contributed by atoms with Crippen molar-refractivity contribution in [1.29, 1.82) is 0 Å². The molecule has 2 rings (SSSR count). The molecular formula is C16H16N2O6. The molecule has 0 aliphatic rings. The number of likely N-dealkylation sites (N-methyl/N-ethyl adjacent to an activating group) is 1. The average Bonchev–Trinajstić information content (AvgIpc) is 2.57. The Morgan fingerprint density at radius 2 is 1.92 bits per heavy atom. The van der Waals surface area contributed by atoms with Gasteiger partial charge in [-0.05, 0) is 19.1 Å². The van der Waals surface area contributed by atoms with Crippen LogP contribution >= 0.6 is 0 Å². The van der Waals surface area contributed by atoms with E-state index in [1.807, 2.05) is 6.92 Å². The summed E-state index contributed by atoms with van der Waals surface area (Å²) in [6.07, 6.45) is 0. The molecule has 1 aromatic carbocycles. The Morgan fingerprint density at radius 1 is 1.17 bits per heavy atom. The minimum absolute atomic E-state index is 0.225. The Kier molecular flexibility index (Phi) is 5.31. The molecule has 0 spiro atoms. The van der Waals surface area contributed by atoms with E-state index in [1.54, 1.807) is 18.2 Å². The molecule has 2 N–H and O–H groups in total. The molecule has 0 unspecified atom stereocenters. The number of esters is 1. The second-order valence-electron chi connectivity index (χ2n) is 5.00. The summed E-state index contributed by atoms with van der Waals surface area (Å²) in [5.41, 5.74) is 0.762. The molecule has 1 heterocycles. The number of carbonyl (C=O) groups excluding carboxylic acids is 3. The quantitative estimate of drug-likeness (QED) is 0.752. The average molecular weight is 332 g/mol. The number of benzene rings is 1. The molecule has 0 radical (unpaired) electrons. The second kappa shape index (κ2) is 7.40. The molecule has 126 valence electrons. The minimum Gasteiger partial charge on any atom is -0.450 e. The number of ether oxygens (including phenoxy) is 1. The van der Waals surface area contributed by atoms with Crippen molar-refractivity contribution in [2.24, 2.45) is 0 Å². The molecule has 8 nitrogen and oxygen atoms in total. The Labute approximate surface area is 136 Å². The van der Waals surface area contributed by atoms with Crippen molar-refractivity contribution in [2.75, 3.05) is 20.2 Å². The van der Waals surface area contributed by atoms with E-state index in [-0.39, 0.29) is 29.2 Å². The molecule has 0 saturated heterocycles. The lowest BCUT2D eigenvalue weighted by atomic mass is 10.1. The summed E-state index contributed by atoms with van der Waals surface area (Å²) >= 11 is 0. The molecule has 8 heteroatoms. The second-order valence-corrected chi connectivity index (χ2v) is 5.00. The summed E-state index contributed by atoms with van der Waals surface area (Å²) in [5, 5.41) is 4.95. The van der Waals surface area contributed by atoms with E-state index in [9.17, 15) is 19.2 Å². The Balaban J connectivity index is 2.04. The number of fused-ring (bicyclic) bond motifs is 1. The number of rotatable bonds is 5. The maximum absolute atomic E-state index is 12.0. The van der Waals surface area contributed by atoms with E-state index in [0.717, 1.165) is 11.6 Å². The molecule has 0 atom stereocenters. The van der Waals surface area contributed by atoms with Crippen LogP contribution in [0.15, 0.2) is 33.5 Å². The predicted octanol–water partition coefficient (Wildman–Crippen LogP) is 0.120. The van der Waals surface area contributed by atoms with E-state index >= 15 is 0 Å². The van der Waals surface area contributed by atoms with Crippen molar-refractivity contribution in [3.63, 3.8) is 0 Å². The van der Waals surface area contributed by atoms with E-state index < -0.39 is 18.5 Å². The Morgan fingerprint density at radius 3 is 2.62 bits per heavy atom. The summed E-state index contributed by atoms with van der Waals surface area (Å²) < 4.78 is 10.1. The number of hydrogen-bond acceptors (Lipinski definition) is 6. The van der Waals surface area contributed by atoms with Crippen molar-refractivity contribution >= 4 is 28.8 Å². The molecule has 0 aliphatic carbocycles. The van der Waals surface area contributed by atoms with E-state index in [4.69, 9.17) is 9.15 Å². The highest BCUT2D eigenvalue weighted by Gasteiger charge is 2.15. The van der Waals surface area contributed by atoms with Gasteiger partial charge in [0.15, 0.2) is 12.0 Å². The van der Waals surface area contributed by atoms with Crippen LogP contribution in [0.5, 0.6) is 0 Å². The van der Waals surface area contributed by atoms with Gasteiger partial charge in [0.1, 0.15) is 5.58 Å². The first-order valence-electron chi connectivity index (χ1n) is 7.09. The molecule has 24 heavy (non-hydrogen) atoms. The number of amides is 2. The fourth-order valence-electron chi connectivity index (χ4n) is 1.89. The highest BCUT2D eigenvalue weighted by Crippen LogP contribution is 2.14. The van der Waals surface area contributed by atoms with E-state index in [2.05, 4.69) is 10.6 Å². The molecule has 2 aromatic rings. The molecule has 0 saturated carbocycles. The van der Waals surface area contributed by atoms with Crippen LogP contribution in [0.3, 0.4) is 0 Å². The molecule has 0 aliphatic heterocycles. The number of carbonyl (C=O) groups is 3. The number of hydrogen-bond donors (Lipinski definition) is 2. The van der Waals surface area contributed by atoms with Gasteiger partial charge in [0.2, 0.25) is 11.7 Å². The summed E-state index contributed by atoms with van der Waals surface area (Å²) in [6, 6.07) is 6.00. The third kappa shape index (κ3) is 4.19. The van der Waals surface area contributed by atoms with Crippen molar-refractivity contribution in [1.82, 2.24) is 10.6 Å². The first-order chi connectivity index (χ1) is 11.4. The van der Waals surface area contributed by atoms with Gasteiger partial charge < -0.3 is 19.8 Å². The molecule has 0 bridgehead atoms. The zero-order chi connectivity index (χ0) is 17.7. The van der Waals surface area contributed by atoms with Crippen molar-refractivity contribution in [3.05, 3.63) is 45.8 Å². The van der Waals surface area contributed by atoms with Crippen LogP contribution in [0.1, 0.15) is 16.1 Å². The van der Waals surface area contributed by atoms with Gasteiger partial charge in [0, 0.05) is 13.1 Å². The van der Waals surface area contributed by atoms with Crippen LogP contribution in [-0.2, 0) is 14.3 Å². The minimum atomic E-state index is -0.940. The summed E-state index contributed by atoms with van der Waals surface area (Å²) in [7, 11) is 1.43. The maximum Gasteiger partial charge on any atom is 0.374 e. The lowest BCUT2D eigenvalue weighted by molar-refractivity contribution is -0.127. The largest absolute Gasteiger partial charge is 0.450 e. The lowest BCUT2D eigenvalue weighted by Crippen LogP contribution is -2.37.